The maximum absolute atomic E-state index is 15.9. The summed E-state index contributed by atoms with van der Waals surface area (Å²) >= 11 is 0. The van der Waals surface area contributed by atoms with Crippen molar-refractivity contribution in [1.82, 2.24) is 14.5 Å². The van der Waals surface area contributed by atoms with Crippen molar-refractivity contribution in [2.24, 2.45) is 11.7 Å². The van der Waals surface area contributed by atoms with Crippen molar-refractivity contribution >= 4 is 22.5 Å². The van der Waals surface area contributed by atoms with Gasteiger partial charge in [0.15, 0.2) is 5.65 Å². The highest BCUT2D eigenvalue weighted by Crippen LogP contribution is 2.36. The van der Waals surface area contributed by atoms with Crippen LogP contribution in [0.15, 0.2) is 48.7 Å². The normalized spacial score (nSPS) is 19.4. The fourth-order valence-electron chi connectivity index (χ4n) is 5.89. The van der Waals surface area contributed by atoms with Crippen LogP contribution in [0.5, 0.6) is 0 Å². The monoisotopic (exact) mass is 543 g/mol. The molecule has 2 unspecified atom stereocenters. The van der Waals surface area contributed by atoms with E-state index >= 15 is 4.39 Å². The van der Waals surface area contributed by atoms with E-state index in [1.807, 2.05) is 18.2 Å². The zero-order chi connectivity index (χ0) is 27.8. The molecule has 2 aliphatic rings. The number of halogens is 2. The van der Waals surface area contributed by atoms with E-state index in [9.17, 15) is 9.65 Å². The second kappa shape index (κ2) is 10.8. The predicted molar refractivity (Wildman–Crippen MR) is 151 cm³/mol. The molecule has 2 aliphatic heterocycles. The third kappa shape index (κ3) is 4.65. The van der Waals surface area contributed by atoms with Crippen LogP contribution >= 0.6 is 0 Å². The first-order valence-corrected chi connectivity index (χ1v) is 13.6. The number of nitriles is 1. The van der Waals surface area contributed by atoms with E-state index in [4.69, 9.17) is 15.5 Å². The van der Waals surface area contributed by atoms with Crippen LogP contribution in [-0.4, -0.2) is 60.5 Å². The molecule has 0 spiro atoms. The van der Waals surface area contributed by atoms with Gasteiger partial charge in [-0.25, -0.2) is 18.7 Å². The van der Waals surface area contributed by atoms with Crippen LogP contribution in [-0.2, 0) is 4.74 Å². The molecule has 8 nitrogen and oxygen atoms in total. The van der Waals surface area contributed by atoms with Gasteiger partial charge in [-0.15, -0.1) is 0 Å². The van der Waals surface area contributed by atoms with E-state index in [1.54, 1.807) is 30.0 Å². The molecule has 0 saturated carbocycles. The standard InChI is InChI=1S/C30H31F2N7O/c1-40-23-9-12-37(18-23)22-6-7-26(25(32)14-22)39-29(20-4-5-21(16-34)24(31)13-20)36-28-27(8-10-35-30(28)39)38-11-2-3-19(15-33)17-38/h4-8,10,13-14,19,23H,2-3,9,11-12,15,17-18,33H2,1H3. The summed E-state index contributed by atoms with van der Waals surface area (Å²) in [4.78, 5) is 13.9. The number of hydrogen-bond donors (Lipinski definition) is 1. The summed E-state index contributed by atoms with van der Waals surface area (Å²) in [6.07, 6.45) is 4.79. The number of anilines is 2. The molecule has 4 heterocycles. The van der Waals surface area contributed by atoms with E-state index in [-0.39, 0.29) is 17.4 Å². The Morgan fingerprint density at radius 1 is 1.02 bits per heavy atom. The minimum Gasteiger partial charge on any atom is -0.380 e. The number of pyridine rings is 1. The number of imidazole rings is 1. The average molecular weight is 544 g/mol. The van der Waals surface area contributed by atoms with Gasteiger partial charge in [-0.3, -0.25) is 4.57 Å². The number of piperidine rings is 1. The van der Waals surface area contributed by atoms with Crippen LogP contribution in [0.1, 0.15) is 24.8 Å². The lowest BCUT2D eigenvalue weighted by Gasteiger charge is -2.33. The van der Waals surface area contributed by atoms with Gasteiger partial charge in [-0.2, -0.15) is 5.26 Å². The minimum absolute atomic E-state index is 0.0677. The number of aromatic nitrogens is 3. The number of rotatable bonds is 6. The van der Waals surface area contributed by atoms with Crippen molar-refractivity contribution in [3.63, 3.8) is 0 Å². The molecule has 2 aromatic carbocycles. The number of fused-ring (bicyclic) bond motifs is 1. The molecule has 2 fully saturated rings. The number of methoxy groups -OCH3 is 1. The van der Waals surface area contributed by atoms with Crippen LogP contribution < -0.4 is 15.5 Å². The third-order valence-corrected chi connectivity index (χ3v) is 8.08. The van der Waals surface area contributed by atoms with Crippen LogP contribution in [0.2, 0.25) is 0 Å². The number of nitrogens with two attached hydrogens (primary N) is 1. The number of nitrogens with zero attached hydrogens (tertiary/aromatic N) is 6. The van der Waals surface area contributed by atoms with Crippen molar-refractivity contribution in [1.29, 1.82) is 5.26 Å². The number of benzene rings is 2. The summed E-state index contributed by atoms with van der Waals surface area (Å²) < 4.78 is 37.8. The molecule has 2 N–H and O–H groups in total. The molecule has 0 radical (unpaired) electrons. The molecular weight excluding hydrogens is 512 g/mol. The first-order valence-electron chi connectivity index (χ1n) is 13.6. The van der Waals surface area contributed by atoms with E-state index in [0.717, 1.165) is 50.3 Å². The van der Waals surface area contributed by atoms with Crippen LogP contribution in [0.25, 0.3) is 28.2 Å². The Bertz CT molecular complexity index is 1600. The van der Waals surface area contributed by atoms with E-state index in [1.165, 1.54) is 18.2 Å². The Hall–Kier alpha value is -4.07. The van der Waals surface area contributed by atoms with Gasteiger partial charge in [0.25, 0.3) is 0 Å². The van der Waals surface area contributed by atoms with Gasteiger partial charge in [0, 0.05) is 50.7 Å². The average Bonchev–Trinajstić information content (AvgIpc) is 3.62. The van der Waals surface area contributed by atoms with Gasteiger partial charge in [-0.1, -0.05) is 0 Å². The molecule has 4 aromatic rings. The Morgan fingerprint density at radius 3 is 2.62 bits per heavy atom. The zero-order valence-corrected chi connectivity index (χ0v) is 22.4. The van der Waals surface area contributed by atoms with Crippen molar-refractivity contribution < 1.29 is 13.5 Å². The molecular formula is C30H31F2N7O. The molecule has 206 valence electrons. The molecule has 10 heteroatoms. The summed E-state index contributed by atoms with van der Waals surface area (Å²) in [6.45, 7) is 3.74. The highest BCUT2D eigenvalue weighted by atomic mass is 19.1. The first kappa shape index (κ1) is 26.2. The maximum Gasteiger partial charge on any atom is 0.167 e. The highest BCUT2D eigenvalue weighted by Gasteiger charge is 2.27. The van der Waals surface area contributed by atoms with Gasteiger partial charge in [0.1, 0.15) is 29.0 Å². The Labute approximate surface area is 231 Å². The number of ether oxygens (including phenoxy) is 1. The zero-order valence-electron chi connectivity index (χ0n) is 22.4. The molecule has 2 aromatic heterocycles. The predicted octanol–water partition coefficient (Wildman–Crippen LogP) is 4.64. The van der Waals surface area contributed by atoms with Crippen LogP contribution in [0.4, 0.5) is 20.2 Å². The van der Waals surface area contributed by atoms with Gasteiger partial charge >= 0.3 is 0 Å². The summed E-state index contributed by atoms with van der Waals surface area (Å²) in [7, 11) is 1.69. The van der Waals surface area contributed by atoms with E-state index in [2.05, 4.69) is 14.8 Å². The summed E-state index contributed by atoms with van der Waals surface area (Å²) in [5.41, 5.74) is 9.34. The Morgan fingerprint density at radius 2 is 1.90 bits per heavy atom. The lowest BCUT2D eigenvalue weighted by atomic mass is 9.98. The van der Waals surface area contributed by atoms with Crippen molar-refractivity contribution in [3.8, 4) is 23.1 Å². The minimum atomic E-state index is -0.661. The topological polar surface area (TPSA) is 96.2 Å². The van der Waals surface area contributed by atoms with Crippen LogP contribution in [0.3, 0.4) is 0 Å². The van der Waals surface area contributed by atoms with Gasteiger partial charge in [0.05, 0.1) is 23.0 Å². The second-order valence-corrected chi connectivity index (χ2v) is 10.5. The maximum atomic E-state index is 15.9. The molecule has 0 aliphatic carbocycles. The van der Waals surface area contributed by atoms with Gasteiger partial charge < -0.3 is 20.3 Å². The summed E-state index contributed by atoms with van der Waals surface area (Å²) in [6, 6.07) is 13.2. The third-order valence-electron chi connectivity index (χ3n) is 8.08. The molecule has 0 amide bonds. The lowest BCUT2D eigenvalue weighted by molar-refractivity contribution is 0.121. The lowest BCUT2D eigenvalue weighted by Crippen LogP contribution is -2.38. The van der Waals surface area contributed by atoms with E-state index < -0.39 is 11.6 Å². The Balaban J connectivity index is 1.50. The van der Waals surface area contributed by atoms with E-state index in [0.29, 0.717) is 41.6 Å². The first-order chi connectivity index (χ1) is 19.5. The largest absolute Gasteiger partial charge is 0.380 e. The number of hydrogen-bond acceptors (Lipinski definition) is 7. The van der Waals surface area contributed by atoms with Crippen molar-refractivity contribution in [2.45, 2.75) is 25.4 Å². The van der Waals surface area contributed by atoms with Crippen LogP contribution in [0, 0.1) is 28.9 Å². The Kier molecular flexibility index (Phi) is 7.09. The SMILES string of the molecule is COC1CCN(c2ccc(-n3c(-c4ccc(C#N)c(F)c4)nc4c(N5CCCC(CN)C5)ccnc43)c(F)c2)C1. The van der Waals surface area contributed by atoms with Gasteiger partial charge in [0.2, 0.25) is 0 Å². The fraction of sp³-hybridized carbons (Fsp3) is 0.367. The van der Waals surface area contributed by atoms with Crippen molar-refractivity contribution in [3.05, 3.63) is 65.9 Å². The molecule has 0 bridgehead atoms. The highest BCUT2D eigenvalue weighted by molar-refractivity contribution is 5.90. The molecule has 2 saturated heterocycles. The fourth-order valence-corrected chi connectivity index (χ4v) is 5.89. The quantitative estimate of drug-likeness (QED) is 0.379. The summed E-state index contributed by atoms with van der Waals surface area (Å²) in [5, 5.41) is 9.24. The second-order valence-electron chi connectivity index (χ2n) is 10.5. The van der Waals surface area contributed by atoms with Gasteiger partial charge in [-0.05, 0) is 74.2 Å². The molecule has 40 heavy (non-hydrogen) atoms. The summed E-state index contributed by atoms with van der Waals surface area (Å²) in [5.74, 6) is -0.384. The van der Waals surface area contributed by atoms with Crippen molar-refractivity contribution in [2.75, 3.05) is 49.6 Å². The molecule has 2 atom stereocenters. The molecule has 6 rings (SSSR count). The smallest absolute Gasteiger partial charge is 0.167 e.